The van der Waals surface area contributed by atoms with Crippen LogP contribution in [0.3, 0.4) is 0 Å². The number of rotatable bonds is 5. The number of aromatic nitrogens is 2. The normalized spacial score (nSPS) is 11.1. The first-order valence-electron chi connectivity index (χ1n) is 9.14. The first-order valence-corrected chi connectivity index (χ1v) is 9.95. The summed E-state index contributed by atoms with van der Waals surface area (Å²) in [7, 11) is 0. The minimum absolute atomic E-state index is 0.0914. The van der Waals surface area contributed by atoms with E-state index in [2.05, 4.69) is 24.0 Å². The third-order valence-corrected chi connectivity index (χ3v) is 5.77. The molecular formula is C22H20FN3OS. The van der Waals surface area contributed by atoms with Crippen molar-refractivity contribution in [2.75, 3.05) is 11.4 Å². The molecule has 6 heteroatoms. The zero-order valence-electron chi connectivity index (χ0n) is 15.7. The van der Waals surface area contributed by atoms with Crippen LogP contribution in [0.25, 0.3) is 15.4 Å². The zero-order valence-corrected chi connectivity index (χ0v) is 16.5. The van der Waals surface area contributed by atoms with Crippen molar-refractivity contribution in [1.29, 1.82) is 0 Å². The fourth-order valence-corrected chi connectivity index (χ4v) is 4.33. The lowest BCUT2D eigenvalue weighted by Gasteiger charge is -2.22. The van der Waals surface area contributed by atoms with Crippen molar-refractivity contribution in [2.24, 2.45) is 0 Å². The van der Waals surface area contributed by atoms with Gasteiger partial charge in [-0.25, -0.2) is 9.37 Å². The summed E-state index contributed by atoms with van der Waals surface area (Å²) in [5.74, 6) is -0.264. The molecule has 4 nitrogen and oxygen atoms in total. The molecule has 2 aromatic carbocycles. The Hall–Kier alpha value is -2.99. The summed E-state index contributed by atoms with van der Waals surface area (Å²) in [6.07, 6.45) is 1.86. The number of fused-ring (bicyclic) bond motifs is 1. The van der Waals surface area contributed by atoms with Crippen LogP contribution in [0.15, 0.2) is 65.6 Å². The van der Waals surface area contributed by atoms with Crippen LogP contribution in [-0.4, -0.2) is 15.9 Å². The largest absolute Gasteiger partial charge is 0.366 e. The van der Waals surface area contributed by atoms with E-state index in [0.29, 0.717) is 17.2 Å². The third-order valence-electron chi connectivity index (χ3n) is 4.76. The van der Waals surface area contributed by atoms with Crippen molar-refractivity contribution in [1.82, 2.24) is 9.38 Å². The van der Waals surface area contributed by atoms with Crippen molar-refractivity contribution in [3.63, 3.8) is 0 Å². The number of hydrogen-bond donors (Lipinski definition) is 0. The average Bonchev–Trinajstić information content (AvgIpc) is 3.12. The van der Waals surface area contributed by atoms with Crippen LogP contribution >= 0.6 is 11.3 Å². The molecule has 142 valence electrons. The van der Waals surface area contributed by atoms with Gasteiger partial charge in [-0.05, 0) is 49.2 Å². The molecule has 0 aliphatic heterocycles. The maximum absolute atomic E-state index is 13.2. The molecule has 0 unspecified atom stereocenters. The maximum Gasteiger partial charge on any atom is 0.258 e. The number of benzene rings is 2. The highest BCUT2D eigenvalue weighted by molar-refractivity contribution is 7.20. The molecule has 0 radical (unpaired) electrons. The molecule has 0 aliphatic carbocycles. The number of thiazole rings is 1. The van der Waals surface area contributed by atoms with Gasteiger partial charge in [-0.15, -0.1) is 0 Å². The Bertz CT molecular complexity index is 1180. The highest BCUT2D eigenvalue weighted by atomic mass is 32.1. The smallest absolute Gasteiger partial charge is 0.258 e. The van der Waals surface area contributed by atoms with Crippen LogP contribution < -0.4 is 10.5 Å². The molecule has 0 saturated carbocycles. The number of anilines is 1. The van der Waals surface area contributed by atoms with Gasteiger partial charge in [0, 0.05) is 24.5 Å². The first kappa shape index (κ1) is 18.4. The van der Waals surface area contributed by atoms with Crippen molar-refractivity contribution >= 4 is 22.0 Å². The quantitative estimate of drug-likeness (QED) is 0.484. The topological polar surface area (TPSA) is 37.6 Å². The number of aryl methyl sites for hydroxylation is 1. The molecule has 0 amide bonds. The molecule has 2 heterocycles. The lowest BCUT2D eigenvalue weighted by molar-refractivity contribution is 0.627. The second-order valence-electron chi connectivity index (χ2n) is 6.64. The SMILES string of the molecule is CCN(Cc1cc(=O)n2cc(-c3ccccc3C)sc2n1)c1ccc(F)cc1. The highest BCUT2D eigenvalue weighted by Crippen LogP contribution is 2.29. The fourth-order valence-electron chi connectivity index (χ4n) is 3.24. The van der Waals surface area contributed by atoms with E-state index in [1.165, 1.54) is 23.5 Å². The van der Waals surface area contributed by atoms with Crippen LogP contribution in [0.4, 0.5) is 10.1 Å². The van der Waals surface area contributed by atoms with Crippen LogP contribution in [0.2, 0.25) is 0 Å². The Morgan fingerprint density at radius 3 is 2.61 bits per heavy atom. The molecule has 28 heavy (non-hydrogen) atoms. The summed E-state index contributed by atoms with van der Waals surface area (Å²) in [6, 6.07) is 16.1. The van der Waals surface area contributed by atoms with Gasteiger partial charge in [0.2, 0.25) is 0 Å². The van der Waals surface area contributed by atoms with Gasteiger partial charge in [-0.1, -0.05) is 35.6 Å². The maximum atomic E-state index is 13.2. The molecular weight excluding hydrogens is 373 g/mol. The van der Waals surface area contributed by atoms with Gasteiger partial charge in [0.1, 0.15) is 5.82 Å². The van der Waals surface area contributed by atoms with Gasteiger partial charge in [-0.2, -0.15) is 0 Å². The van der Waals surface area contributed by atoms with Gasteiger partial charge >= 0.3 is 0 Å². The molecule has 0 fully saturated rings. The fraction of sp³-hybridized carbons (Fsp3) is 0.182. The van der Waals surface area contributed by atoms with Gasteiger partial charge in [-0.3, -0.25) is 9.20 Å². The van der Waals surface area contributed by atoms with E-state index in [9.17, 15) is 9.18 Å². The highest BCUT2D eigenvalue weighted by Gasteiger charge is 2.12. The second kappa shape index (κ2) is 7.56. The number of nitrogens with zero attached hydrogens (tertiary/aromatic N) is 3. The van der Waals surface area contributed by atoms with E-state index >= 15 is 0 Å². The molecule has 0 spiro atoms. The van der Waals surface area contributed by atoms with Crippen LogP contribution in [0, 0.1) is 12.7 Å². The molecule has 0 aliphatic rings. The van der Waals surface area contributed by atoms with E-state index < -0.39 is 0 Å². The van der Waals surface area contributed by atoms with E-state index in [4.69, 9.17) is 4.98 Å². The minimum atomic E-state index is -0.264. The van der Waals surface area contributed by atoms with E-state index in [-0.39, 0.29) is 11.4 Å². The Morgan fingerprint density at radius 2 is 1.89 bits per heavy atom. The van der Waals surface area contributed by atoms with Crippen LogP contribution in [0.1, 0.15) is 18.2 Å². The van der Waals surface area contributed by atoms with Gasteiger partial charge in [0.15, 0.2) is 4.96 Å². The van der Waals surface area contributed by atoms with Crippen molar-refractivity contribution < 1.29 is 4.39 Å². The second-order valence-corrected chi connectivity index (χ2v) is 7.65. The summed E-state index contributed by atoms with van der Waals surface area (Å²) in [4.78, 5) is 21.1. The Morgan fingerprint density at radius 1 is 1.14 bits per heavy atom. The zero-order chi connectivity index (χ0) is 19.7. The monoisotopic (exact) mass is 393 g/mol. The molecule has 4 rings (SSSR count). The van der Waals surface area contributed by atoms with Gasteiger partial charge < -0.3 is 4.90 Å². The summed E-state index contributed by atoms with van der Waals surface area (Å²) in [6.45, 7) is 5.30. The molecule has 2 aromatic heterocycles. The predicted molar refractivity (Wildman–Crippen MR) is 113 cm³/mol. The summed E-state index contributed by atoms with van der Waals surface area (Å²) >= 11 is 1.51. The summed E-state index contributed by atoms with van der Waals surface area (Å²) in [5, 5.41) is 0. The standard InChI is InChI=1S/C22H20FN3OS/c1-3-25(18-10-8-16(23)9-11-18)13-17-12-21(27)26-14-20(28-22(26)24-17)19-7-5-4-6-15(19)2/h4-12,14H,3,13H2,1-2H3. The lowest BCUT2D eigenvalue weighted by atomic mass is 10.1. The summed E-state index contributed by atoms with van der Waals surface area (Å²) in [5.41, 5.74) is 3.79. The first-order chi connectivity index (χ1) is 13.5. The van der Waals surface area contributed by atoms with Crippen molar-refractivity contribution in [3.05, 3.63) is 88.2 Å². The Balaban J connectivity index is 1.70. The third kappa shape index (κ3) is 3.55. The minimum Gasteiger partial charge on any atom is -0.366 e. The number of halogens is 1. The molecule has 4 aromatic rings. The molecule has 0 atom stereocenters. The van der Waals surface area contributed by atoms with Crippen LogP contribution in [0.5, 0.6) is 0 Å². The molecule has 0 saturated heterocycles. The van der Waals surface area contributed by atoms with Gasteiger partial charge in [0.05, 0.1) is 17.1 Å². The molecule has 0 N–H and O–H groups in total. The molecule has 0 bridgehead atoms. The number of hydrogen-bond acceptors (Lipinski definition) is 4. The van der Waals surface area contributed by atoms with E-state index in [0.717, 1.165) is 28.2 Å². The predicted octanol–water partition coefficient (Wildman–Crippen LogP) is 4.90. The average molecular weight is 393 g/mol. The summed E-state index contributed by atoms with van der Waals surface area (Å²) < 4.78 is 14.8. The Labute approximate surface area is 166 Å². The van der Waals surface area contributed by atoms with Gasteiger partial charge in [0.25, 0.3) is 5.56 Å². The lowest BCUT2D eigenvalue weighted by Crippen LogP contribution is -2.24. The van der Waals surface area contributed by atoms with Crippen molar-refractivity contribution in [3.8, 4) is 10.4 Å². The Kier molecular flexibility index (Phi) is 4.96. The van der Waals surface area contributed by atoms with Crippen LogP contribution in [-0.2, 0) is 6.54 Å². The van der Waals surface area contributed by atoms with E-state index in [1.54, 1.807) is 22.6 Å². The van der Waals surface area contributed by atoms with Crippen molar-refractivity contribution in [2.45, 2.75) is 20.4 Å². The van der Waals surface area contributed by atoms with E-state index in [1.807, 2.05) is 25.3 Å².